The predicted octanol–water partition coefficient (Wildman–Crippen LogP) is 1.44. The summed E-state index contributed by atoms with van der Waals surface area (Å²) in [4.78, 5) is 11.2. The fraction of sp³-hybridized carbons (Fsp3) is 0.385. The minimum atomic E-state index is -3.51. The SMILES string of the molecule is CCS(=O)(=O)[C@@H]1[C@@H](c2ccc(F)cc2)[C@]1(C#N)C=O. The van der Waals surface area contributed by atoms with E-state index in [-0.39, 0.29) is 5.75 Å². The van der Waals surface area contributed by atoms with Crippen molar-refractivity contribution in [2.75, 3.05) is 5.75 Å². The maximum Gasteiger partial charge on any atom is 0.155 e. The molecule has 0 aliphatic heterocycles. The third-order valence-electron chi connectivity index (χ3n) is 3.59. The maximum absolute atomic E-state index is 12.9. The Kier molecular flexibility index (Phi) is 3.19. The zero-order chi connectivity index (χ0) is 14.3. The summed E-state index contributed by atoms with van der Waals surface area (Å²) < 4.78 is 36.8. The van der Waals surface area contributed by atoms with Gasteiger partial charge in [-0.2, -0.15) is 5.26 Å². The van der Waals surface area contributed by atoms with Crippen LogP contribution >= 0.6 is 0 Å². The molecule has 0 spiro atoms. The Morgan fingerprint density at radius 1 is 1.42 bits per heavy atom. The average Bonchev–Trinajstić information content (AvgIpc) is 3.10. The third kappa shape index (κ3) is 1.94. The Labute approximate surface area is 110 Å². The highest BCUT2D eigenvalue weighted by Gasteiger charge is 2.72. The van der Waals surface area contributed by atoms with E-state index in [1.165, 1.54) is 31.2 Å². The van der Waals surface area contributed by atoms with Crippen molar-refractivity contribution < 1.29 is 17.6 Å². The van der Waals surface area contributed by atoms with Gasteiger partial charge in [0.2, 0.25) is 0 Å². The first kappa shape index (κ1) is 13.7. The second kappa shape index (κ2) is 4.42. The molecule has 1 aromatic carbocycles. The Hall–Kier alpha value is -1.74. The lowest BCUT2D eigenvalue weighted by molar-refractivity contribution is -0.110. The number of nitrogens with zero attached hydrogens (tertiary/aromatic N) is 1. The Balaban J connectivity index is 2.49. The van der Waals surface area contributed by atoms with Crippen LogP contribution in [0.4, 0.5) is 4.39 Å². The zero-order valence-electron chi connectivity index (χ0n) is 10.2. The van der Waals surface area contributed by atoms with Crippen molar-refractivity contribution in [3.05, 3.63) is 35.6 Å². The number of aldehydes is 1. The third-order valence-corrected chi connectivity index (χ3v) is 5.83. The van der Waals surface area contributed by atoms with Crippen LogP contribution in [0.15, 0.2) is 24.3 Å². The van der Waals surface area contributed by atoms with Crippen molar-refractivity contribution in [1.29, 1.82) is 5.26 Å². The van der Waals surface area contributed by atoms with Gasteiger partial charge in [-0.3, -0.25) is 0 Å². The number of nitriles is 1. The van der Waals surface area contributed by atoms with Crippen molar-refractivity contribution >= 4 is 16.1 Å². The average molecular weight is 281 g/mol. The van der Waals surface area contributed by atoms with E-state index in [9.17, 15) is 17.6 Å². The molecule has 1 aliphatic carbocycles. The summed E-state index contributed by atoms with van der Waals surface area (Å²) in [6.07, 6.45) is 0.402. The molecule has 1 aromatic rings. The van der Waals surface area contributed by atoms with Gasteiger partial charge in [0.1, 0.15) is 17.5 Å². The monoisotopic (exact) mass is 281 g/mol. The molecule has 1 aliphatic rings. The van der Waals surface area contributed by atoms with E-state index in [2.05, 4.69) is 0 Å². The van der Waals surface area contributed by atoms with Crippen LogP contribution in [0.1, 0.15) is 18.4 Å². The molecule has 1 fully saturated rings. The van der Waals surface area contributed by atoms with E-state index in [1.807, 2.05) is 6.07 Å². The number of hydrogen-bond acceptors (Lipinski definition) is 4. The first-order valence-corrected chi connectivity index (χ1v) is 7.49. The van der Waals surface area contributed by atoms with Gasteiger partial charge in [0, 0.05) is 11.7 Å². The van der Waals surface area contributed by atoms with Gasteiger partial charge in [-0.15, -0.1) is 0 Å². The normalized spacial score (nSPS) is 29.5. The first-order chi connectivity index (χ1) is 8.93. The maximum atomic E-state index is 12.9. The summed E-state index contributed by atoms with van der Waals surface area (Å²) in [7, 11) is -3.51. The Morgan fingerprint density at radius 2 is 2.00 bits per heavy atom. The molecule has 0 N–H and O–H groups in total. The summed E-state index contributed by atoms with van der Waals surface area (Å²) in [5.74, 6) is -1.29. The van der Waals surface area contributed by atoms with Gasteiger partial charge >= 0.3 is 0 Å². The van der Waals surface area contributed by atoms with Gasteiger partial charge in [-0.25, -0.2) is 12.8 Å². The minimum Gasteiger partial charge on any atom is -0.302 e. The van der Waals surface area contributed by atoms with E-state index >= 15 is 0 Å². The van der Waals surface area contributed by atoms with Crippen molar-refractivity contribution in [2.45, 2.75) is 18.1 Å². The number of sulfone groups is 1. The topological polar surface area (TPSA) is 75.0 Å². The molecule has 0 bridgehead atoms. The molecule has 0 heterocycles. The standard InChI is InChI=1S/C13H12FNO3S/c1-2-19(17,18)12-11(13(12,7-15)8-16)9-3-5-10(14)6-4-9/h3-6,8,11-12H,2H2,1H3/t11-,12-,13+/m1/s1. The van der Waals surface area contributed by atoms with Crippen LogP contribution in [0.2, 0.25) is 0 Å². The number of halogens is 1. The molecule has 3 atom stereocenters. The Morgan fingerprint density at radius 3 is 2.42 bits per heavy atom. The van der Waals surface area contributed by atoms with Crippen LogP contribution in [0.5, 0.6) is 0 Å². The number of carbonyl (C=O) groups is 1. The van der Waals surface area contributed by atoms with Crippen LogP contribution in [0, 0.1) is 22.6 Å². The summed E-state index contributed by atoms with van der Waals surface area (Å²) >= 11 is 0. The van der Waals surface area contributed by atoms with E-state index < -0.39 is 32.2 Å². The molecule has 1 saturated carbocycles. The molecule has 0 amide bonds. The van der Waals surface area contributed by atoms with Gasteiger partial charge in [0.15, 0.2) is 9.84 Å². The highest BCUT2D eigenvalue weighted by Crippen LogP contribution is 2.61. The summed E-state index contributed by atoms with van der Waals surface area (Å²) in [5, 5.41) is 8.12. The highest BCUT2D eigenvalue weighted by molar-refractivity contribution is 7.92. The summed E-state index contributed by atoms with van der Waals surface area (Å²) in [5.41, 5.74) is -1.04. The van der Waals surface area contributed by atoms with E-state index in [1.54, 1.807) is 0 Å². The van der Waals surface area contributed by atoms with Gasteiger partial charge < -0.3 is 4.79 Å². The summed E-state index contributed by atoms with van der Waals surface area (Å²) in [6.45, 7) is 1.47. The molecule has 0 aromatic heterocycles. The smallest absolute Gasteiger partial charge is 0.155 e. The second-order valence-electron chi connectivity index (χ2n) is 4.56. The van der Waals surface area contributed by atoms with Crippen LogP contribution in [0.3, 0.4) is 0 Å². The molecule has 2 rings (SSSR count). The van der Waals surface area contributed by atoms with Crippen molar-refractivity contribution in [2.24, 2.45) is 5.41 Å². The van der Waals surface area contributed by atoms with Crippen LogP contribution < -0.4 is 0 Å². The largest absolute Gasteiger partial charge is 0.302 e. The Bertz CT molecular complexity index is 647. The van der Waals surface area contributed by atoms with E-state index in [4.69, 9.17) is 5.26 Å². The molecular formula is C13H12FNO3S. The van der Waals surface area contributed by atoms with Gasteiger partial charge in [-0.1, -0.05) is 19.1 Å². The lowest BCUT2D eigenvalue weighted by atomic mass is 10.0. The predicted molar refractivity (Wildman–Crippen MR) is 66.5 cm³/mol. The lowest BCUT2D eigenvalue weighted by Gasteiger charge is -1.99. The molecule has 0 saturated heterocycles. The van der Waals surface area contributed by atoms with Crippen LogP contribution in [0.25, 0.3) is 0 Å². The molecule has 4 nitrogen and oxygen atoms in total. The molecule has 0 radical (unpaired) electrons. The van der Waals surface area contributed by atoms with Crippen molar-refractivity contribution in [3.8, 4) is 6.07 Å². The first-order valence-electron chi connectivity index (χ1n) is 5.77. The van der Waals surface area contributed by atoms with Crippen molar-refractivity contribution in [1.82, 2.24) is 0 Å². The van der Waals surface area contributed by atoms with Gasteiger partial charge in [0.05, 0.1) is 11.3 Å². The fourth-order valence-electron chi connectivity index (χ4n) is 2.48. The van der Waals surface area contributed by atoms with Gasteiger partial charge in [-0.05, 0) is 17.7 Å². The number of benzene rings is 1. The van der Waals surface area contributed by atoms with Crippen LogP contribution in [-0.4, -0.2) is 25.7 Å². The summed E-state index contributed by atoms with van der Waals surface area (Å²) in [6, 6.07) is 7.03. The number of hydrogen-bond donors (Lipinski definition) is 0. The molecule has 0 unspecified atom stereocenters. The number of carbonyl (C=O) groups excluding carboxylic acids is 1. The van der Waals surface area contributed by atoms with Gasteiger partial charge in [0.25, 0.3) is 0 Å². The molecule has 19 heavy (non-hydrogen) atoms. The molecule has 100 valence electrons. The number of rotatable bonds is 4. The van der Waals surface area contributed by atoms with E-state index in [0.717, 1.165) is 0 Å². The molecular weight excluding hydrogens is 269 g/mol. The highest BCUT2D eigenvalue weighted by atomic mass is 32.2. The molecule has 6 heteroatoms. The fourth-order valence-corrected chi connectivity index (χ4v) is 4.41. The van der Waals surface area contributed by atoms with Crippen LogP contribution in [-0.2, 0) is 14.6 Å². The zero-order valence-corrected chi connectivity index (χ0v) is 11.0. The minimum absolute atomic E-state index is 0.132. The second-order valence-corrected chi connectivity index (χ2v) is 6.97. The van der Waals surface area contributed by atoms with E-state index in [0.29, 0.717) is 11.8 Å². The van der Waals surface area contributed by atoms with Crippen molar-refractivity contribution in [3.63, 3.8) is 0 Å². The quantitative estimate of drug-likeness (QED) is 0.782. The lowest BCUT2D eigenvalue weighted by Crippen LogP contribution is -2.17.